The Kier molecular flexibility index (Phi) is 15.2. The minimum absolute atomic E-state index is 0.00714. The highest BCUT2D eigenvalue weighted by Gasteiger charge is 2.20. The van der Waals surface area contributed by atoms with Gasteiger partial charge in [0.15, 0.2) is 0 Å². The van der Waals surface area contributed by atoms with Gasteiger partial charge in [0.25, 0.3) is 0 Å². The van der Waals surface area contributed by atoms with Crippen LogP contribution in [0.1, 0.15) is 111 Å². The van der Waals surface area contributed by atoms with Crippen LogP contribution in [0.4, 0.5) is 0 Å². The first-order chi connectivity index (χ1) is 11.5. The van der Waals surface area contributed by atoms with Crippen LogP contribution in [0, 0.1) is 5.92 Å². The summed E-state index contributed by atoms with van der Waals surface area (Å²) < 4.78 is 5.53. The maximum atomic E-state index is 11.7. The van der Waals surface area contributed by atoms with Crippen LogP contribution in [-0.2, 0) is 9.53 Å². The molecule has 0 fully saturated rings. The summed E-state index contributed by atoms with van der Waals surface area (Å²) in [5.41, 5.74) is 0.496. The highest BCUT2D eigenvalue weighted by atomic mass is 16.5. The van der Waals surface area contributed by atoms with E-state index in [2.05, 4.69) is 20.4 Å². The molecule has 0 saturated heterocycles. The van der Waals surface area contributed by atoms with Crippen LogP contribution in [0.2, 0.25) is 0 Å². The fourth-order valence-electron chi connectivity index (χ4n) is 3.24. The predicted molar refractivity (Wildman–Crippen MR) is 105 cm³/mol. The van der Waals surface area contributed by atoms with E-state index < -0.39 is 0 Å². The molecule has 0 aromatic heterocycles. The highest BCUT2D eigenvalue weighted by Crippen LogP contribution is 2.23. The molecule has 0 aliphatic carbocycles. The fraction of sp³-hybridized carbons (Fsp3) is 0.864. The molecule has 0 spiro atoms. The van der Waals surface area contributed by atoms with E-state index in [0.717, 1.165) is 12.8 Å². The standard InChI is InChI=1S/C22H42O2/c1-6-8-9-10-11-12-13-14-15-16-18-21(17-7-2)20(5)24-22(23)19(3)4/h20-21H,3,6-18H2,1-2,4-5H3. The van der Waals surface area contributed by atoms with Gasteiger partial charge in [-0.25, -0.2) is 4.79 Å². The average molecular weight is 339 g/mol. The van der Waals surface area contributed by atoms with Gasteiger partial charge < -0.3 is 4.74 Å². The number of unbranched alkanes of at least 4 members (excludes halogenated alkanes) is 9. The van der Waals surface area contributed by atoms with Gasteiger partial charge in [-0.1, -0.05) is 91.1 Å². The molecule has 0 rings (SSSR count). The summed E-state index contributed by atoms with van der Waals surface area (Å²) in [5, 5.41) is 0. The second-order valence-corrected chi connectivity index (χ2v) is 7.41. The number of carbonyl (C=O) groups excluding carboxylic acids is 1. The lowest BCUT2D eigenvalue weighted by molar-refractivity contribution is -0.146. The molecule has 0 aromatic carbocycles. The molecule has 142 valence electrons. The molecule has 0 aromatic rings. The minimum atomic E-state index is -0.244. The molecule has 0 aliphatic heterocycles. The summed E-state index contributed by atoms with van der Waals surface area (Å²) in [6.45, 7) is 11.9. The number of hydrogen-bond donors (Lipinski definition) is 0. The first kappa shape index (κ1) is 23.2. The lowest BCUT2D eigenvalue weighted by Gasteiger charge is -2.24. The van der Waals surface area contributed by atoms with E-state index in [0.29, 0.717) is 11.5 Å². The molecular weight excluding hydrogens is 296 g/mol. The second-order valence-electron chi connectivity index (χ2n) is 7.41. The lowest BCUT2D eigenvalue weighted by atomic mass is 9.91. The van der Waals surface area contributed by atoms with Gasteiger partial charge in [0.1, 0.15) is 6.10 Å². The Morgan fingerprint density at radius 3 is 1.79 bits per heavy atom. The number of esters is 1. The Bertz CT molecular complexity index is 322. The number of carbonyl (C=O) groups is 1. The van der Waals surface area contributed by atoms with Crippen molar-refractivity contribution >= 4 is 5.97 Å². The van der Waals surface area contributed by atoms with Crippen LogP contribution < -0.4 is 0 Å². The summed E-state index contributed by atoms with van der Waals surface area (Å²) in [4.78, 5) is 11.7. The fourth-order valence-corrected chi connectivity index (χ4v) is 3.24. The van der Waals surface area contributed by atoms with Crippen LogP contribution in [-0.4, -0.2) is 12.1 Å². The van der Waals surface area contributed by atoms with Crippen LogP contribution in [0.15, 0.2) is 12.2 Å². The molecule has 24 heavy (non-hydrogen) atoms. The Morgan fingerprint density at radius 2 is 1.33 bits per heavy atom. The van der Waals surface area contributed by atoms with Gasteiger partial charge in [0.05, 0.1) is 0 Å². The van der Waals surface area contributed by atoms with Gasteiger partial charge in [-0.3, -0.25) is 0 Å². The third-order valence-corrected chi connectivity index (χ3v) is 4.89. The Labute approximate surface area is 151 Å². The normalized spacial score (nSPS) is 13.5. The SMILES string of the molecule is C=C(C)C(=O)OC(C)C(CCC)CCCCCCCCCCCC. The zero-order valence-electron chi connectivity index (χ0n) is 16.9. The van der Waals surface area contributed by atoms with Crippen molar-refractivity contribution in [2.75, 3.05) is 0 Å². The van der Waals surface area contributed by atoms with E-state index in [-0.39, 0.29) is 12.1 Å². The maximum Gasteiger partial charge on any atom is 0.333 e. The molecule has 0 saturated carbocycles. The van der Waals surface area contributed by atoms with Gasteiger partial charge in [0, 0.05) is 5.57 Å². The van der Waals surface area contributed by atoms with Crippen molar-refractivity contribution in [2.45, 2.75) is 117 Å². The van der Waals surface area contributed by atoms with Crippen molar-refractivity contribution < 1.29 is 9.53 Å². The molecule has 2 heteroatoms. The van der Waals surface area contributed by atoms with E-state index >= 15 is 0 Å². The molecule has 0 amide bonds. The third kappa shape index (κ3) is 12.6. The van der Waals surface area contributed by atoms with Crippen molar-refractivity contribution in [1.29, 1.82) is 0 Å². The van der Waals surface area contributed by atoms with Gasteiger partial charge in [-0.05, 0) is 32.6 Å². The maximum absolute atomic E-state index is 11.7. The summed E-state index contributed by atoms with van der Waals surface area (Å²) in [7, 11) is 0. The zero-order chi connectivity index (χ0) is 18.2. The molecule has 0 radical (unpaired) electrons. The molecular formula is C22H42O2. The third-order valence-electron chi connectivity index (χ3n) is 4.89. The van der Waals surface area contributed by atoms with E-state index in [1.165, 1.54) is 70.6 Å². The van der Waals surface area contributed by atoms with Gasteiger partial charge >= 0.3 is 5.97 Å². The van der Waals surface area contributed by atoms with Crippen molar-refractivity contribution in [1.82, 2.24) is 0 Å². The number of ether oxygens (including phenoxy) is 1. The van der Waals surface area contributed by atoms with Crippen molar-refractivity contribution in [3.8, 4) is 0 Å². The van der Waals surface area contributed by atoms with Gasteiger partial charge in [-0.15, -0.1) is 0 Å². The lowest BCUT2D eigenvalue weighted by Crippen LogP contribution is -2.24. The van der Waals surface area contributed by atoms with Crippen molar-refractivity contribution in [2.24, 2.45) is 5.92 Å². The Balaban J connectivity index is 3.77. The van der Waals surface area contributed by atoms with Crippen LogP contribution in [0.5, 0.6) is 0 Å². The first-order valence-electron chi connectivity index (χ1n) is 10.4. The summed E-state index contributed by atoms with van der Waals surface area (Å²) in [5.74, 6) is 0.249. The van der Waals surface area contributed by atoms with E-state index in [9.17, 15) is 4.79 Å². The molecule has 0 heterocycles. The van der Waals surface area contributed by atoms with Crippen LogP contribution in [0.25, 0.3) is 0 Å². The summed E-state index contributed by atoms with van der Waals surface area (Å²) >= 11 is 0. The molecule has 0 aliphatic rings. The monoisotopic (exact) mass is 338 g/mol. The summed E-state index contributed by atoms with van der Waals surface area (Å²) in [6.07, 6.45) is 17.1. The average Bonchev–Trinajstić information content (AvgIpc) is 2.55. The van der Waals surface area contributed by atoms with E-state index in [1.54, 1.807) is 6.92 Å². The molecule has 0 bridgehead atoms. The summed E-state index contributed by atoms with van der Waals surface area (Å²) in [6, 6.07) is 0. The molecule has 2 atom stereocenters. The van der Waals surface area contributed by atoms with Crippen molar-refractivity contribution in [3.63, 3.8) is 0 Å². The minimum Gasteiger partial charge on any atom is -0.459 e. The van der Waals surface area contributed by atoms with Gasteiger partial charge in [-0.2, -0.15) is 0 Å². The quantitative estimate of drug-likeness (QED) is 0.169. The van der Waals surface area contributed by atoms with Crippen LogP contribution in [0.3, 0.4) is 0 Å². The smallest absolute Gasteiger partial charge is 0.333 e. The Hall–Kier alpha value is -0.790. The van der Waals surface area contributed by atoms with Gasteiger partial charge in [0.2, 0.25) is 0 Å². The molecule has 0 N–H and O–H groups in total. The van der Waals surface area contributed by atoms with E-state index in [4.69, 9.17) is 4.74 Å². The number of rotatable bonds is 16. The van der Waals surface area contributed by atoms with Crippen LogP contribution >= 0.6 is 0 Å². The largest absolute Gasteiger partial charge is 0.459 e. The second kappa shape index (κ2) is 15.7. The molecule has 2 nitrogen and oxygen atoms in total. The highest BCUT2D eigenvalue weighted by molar-refractivity contribution is 5.87. The molecule has 2 unspecified atom stereocenters. The number of hydrogen-bond acceptors (Lipinski definition) is 2. The Morgan fingerprint density at radius 1 is 0.833 bits per heavy atom. The van der Waals surface area contributed by atoms with Crippen molar-refractivity contribution in [3.05, 3.63) is 12.2 Å². The topological polar surface area (TPSA) is 26.3 Å². The van der Waals surface area contributed by atoms with E-state index in [1.807, 2.05) is 6.92 Å². The predicted octanol–water partition coefficient (Wildman–Crippen LogP) is 7.22. The zero-order valence-corrected chi connectivity index (χ0v) is 16.9. The first-order valence-corrected chi connectivity index (χ1v) is 10.4.